The summed E-state index contributed by atoms with van der Waals surface area (Å²) in [6.07, 6.45) is 2.35. The molecule has 1 aromatic rings. The summed E-state index contributed by atoms with van der Waals surface area (Å²) in [7, 11) is -1.61. The van der Waals surface area contributed by atoms with Gasteiger partial charge in [-0.2, -0.15) is 0 Å². The van der Waals surface area contributed by atoms with Crippen molar-refractivity contribution in [2.75, 3.05) is 37.7 Å². The van der Waals surface area contributed by atoms with Gasteiger partial charge < -0.3 is 16.0 Å². The first-order chi connectivity index (χ1) is 9.36. The predicted molar refractivity (Wildman–Crippen MR) is 80.9 cm³/mol. The number of hydrogen-bond acceptors (Lipinski definition) is 5. The lowest BCUT2D eigenvalue weighted by Gasteiger charge is -2.29. The second kappa shape index (κ2) is 5.99. The Bertz CT molecular complexity index is 566. The van der Waals surface area contributed by atoms with Crippen LogP contribution in [0, 0.1) is 5.92 Å². The Labute approximate surface area is 120 Å². The fourth-order valence-electron chi connectivity index (χ4n) is 2.45. The van der Waals surface area contributed by atoms with Gasteiger partial charge in [0.15, 0.2) is 0 Å². The molecule has 2 rings (SSSR count). The zero-order chi connectivity index (χ0) is 14.8. The fourth-order valence-corrected chi connectivity index (χ4v) is 3.09. The molecule has 0 spiro atoms. The highest BCUT2D eigenvalue weighted by Crippen LogP contribution is 2.22. The van der Waals surface area contributed by atoms with E-state index in [1.807, 2.05) is 0 Å². The maximum absolute atomic E-state index is 11.3. The van der Waals surface area contributed by atoms with E-state index in [4.69, 9.17) is 10.9 Å². The molecule has 20 heavy (non-hydrogen) atoms. The topological polar surface area (TPSA) is 101 Å². The van der Waals surface area contributed by atoms with Crippen LogP contribution in [0.25, 0.3) is 0 Å². The number of anilines is 2. The minimum Gasteiger partial charge on any atom is -0.398 e. The molecular formula is C13H22N4O2S. The van der Waals surface area contributed by atoms with E-state index in [1.165, 1.54) is 18.9 Å². The van der Waals surface area contributed by atoms with E-state index >= 15 is 0 Å². The zero-order valence-corrected chi connectivity index (χ0v) is 12.5. The van der Waals surface area contributed by atoms with Crippen molar-refractivity contribution in [3.8, 4) is 0 Å². The molecule has 0 aromatic heterocycles. The standard InChI is InChI=1S/C13H22N4O2S/c1-17-6-4-10(5-7-17)9-16-11-2-3-13(12(14)8-11)20(15,18)19/h2-3,8,10,16H,4-7,9,14H2,1H3,(H2,15,18,19). The molecule has 7 heteroatoms. The quantitative estimate of drug-likeness (QED) is 0.709. The number of nitrogen functional groups attached to an aromatic ring is 1. The molecule has 5 N–H and O–H groups in total. The predicted octanol–water partition coefficient (Wildman–Crippen LogP) is 0.670. The molecule has 0 unspecified atom stereocenters. The normalized spacial score (nSPS) is 18.1. The van der Waals surface area contributed by atoms with Crippen LogP contribution in [-0.4, -0.2) is 40.0 Å². The molecule has 0 saturated carbocycles. The lowest BCUT2D eigenvalue weighted by Crippen LogP contribution is -2.32. The van der Waals surface area contributed by atoms with Crippen molar-refractivity contribution in [1.29, 1.82) is 0 Å². The van der Waals surface area contributed by atoms with Crippen LogP contribution in [0.4, 0.5) is 11.4 Å². The molecule has 0 amide bonds. The van der Waals surface area contributed by atoms with Crippen LogP contribution in [0.15, 0.2) is 23.1 Å². The zero-order valence-electron chi connectivity index (χ0n) is 11.7. The molecule has 1 aliphatic rings. The Morgan fingerprint density at radius 3 is 2.55 bits per heavy atom. The number of benzene rings is 1. The molecule has 1 saturated heterocycles. The number of hydrogen-bond donors (Lipinski definition) is 3. The molecular weight excluding hydrogens is 276 g/mol. The minimum absolute atomic E-state index is 0.0256. The molecule has 1 aliphatic heterocycles. The van der Waals surface area contributed by atoms with Crippen molar-refractivity contribution in [2.24, 2.45) is 11.1 Å². The van der Waals surface area contributed by atoms with Crippen LogP contribution in [0.2, 0.25) is 0 Å². The summed E-state index contributed by atoms with van der Waals surface area (Å²) in [5.41, 5.74) is 6.74. The Morgan fingerprint density at radius 2 is 2.00 bits per heavy atom. The highest BCUT2D eigenvalue weighted by atomic mass is 32.2. The van der Waals surface area contributed by atoms with Crippen LogP contribution in [0.1, 0.15) is 12.8 Å². The van der Waals surface area contributed by atoms with Gasteiger partial charge in [0, 0.05) is 12.2 Å². The van der Waals surface area contributed by atoms with Gasteiger partial charge >= 0.3 is 0 Å². The first kappa shape index (κ1) is 15.1. The molecule has 112 valence electrons. The largest absolute Gasteiger partial charge is 0.398 e. The van der Waals surface area contributed by atoms with Gasteiger partial charge in [0.25, 0.3) is 0 Å². The number of likely N-dealkylation sites (tertiary alicyclic amines) is 1. The summed E-state index contributed by atoms with van der Waals surface area (Å²) in [6, 6.07) is 4.77. The van der Waals surface area contributed by atoms with E-state index in [0.29, 0.717) is 5.92 Å². The second-order valence-corrected chi connectivity index (χ2v) is 6.96. The van der Waals surface area contributed by atoms with Gasteiger partial charge in [0.05, 0.1) is 5.69 Å². The maximum Gasteiger partial charge on any atom is 0.240 e. The summed E-state index contributed by atoms with van der Waals surface area (Å²) in [4.78, 5) is 2.30. The number of nitrogens with one attached hydrogen (secondary N) is 1. The number of nitrogens with zero attached hydrogens (tertiary/aromatic N) is 1. The number of primary sulfonamides is 1. The smallest absolute Gasteiger partial charge is 0.240 e. The lowest BCUT2D eigenvalue weighted by molar-refractivity contribution is 0.226. The average Bonchev–Trinajstić information content (AvgIpc) is 2.36. The number of nitrogens with two attached hydrogens (primary N) is 2. The van der Waals surface area contributed by atoms with Gasteiger partial charge in [-0.3, -0.25) is 0 Å². The molecule has 1 heterocycles. The first-order valence-electron chi connectivity index (χ1n) is 6.71. The average molecular weight is 298 g/mol. The summed E-state index contributed by atoms with van der Waals surface area (Å²) >= 11 is 0. The van der Waals surface area contributed by atoms with E-state index in [9.17, 15) is 8.42 Å². The minimum atomic E-state index is -3.75. The first-order valence-corrected chi connectivity index (χ1v) is 8.25. The summed E-state index contributed by atoms with van der Waals surface area (Å²) < 4.78 is 22.5. The van der Waals surface area contributed by atoms with Gasteiger partial charge in [0.1, 0.15) is 4.90 Å². The molecule has 0 aliphatic carbocycles. The van der Waals surface area contributed by atoms with Crippen LogP contribution in [0.5, 0.6) is 0 Å². The van der Waals surface area contributed by atoms with Crippen molar-refractivity contribution in [3.05, 3.63) is 18.2 Å². The fraction of sp³-hybridized carbons (Fsp3) is 0.538. The van der Waals surface area contributed by atoms with Crippen molar-refractivity contribution >= 4 is 21.4 Å². The van der Waals surface area contributed by atoms with E-state index in [-0.39, 0.29) is 10.6 Å². The molecule has 0 bridgehead atoms. The number of sulfonamides is 1. The van der Waals surface area contributed by atoms with Crippen molar-refractivity contribution in [1.82, 2.24) is 4.90 Å². The molecule has 1 aromatic carbocycles. The highest BCUT2D eigenvalue weighted by molar-refractivity contribution is 7.89. The summed E-state index contributed by atoms with van der Waals surface area (Å²) in [6.45, 7) is 3.12. The lowest BCUT2D eigenvalue weighted by atomic mass is 9.97. The Hall–Kier alpha value is -1.31. The van der Waals surface area contributed by atoms with Gasteiger partial charge in [-0.05, 0) is 57.1 Å². The maximum atomic E-state index is 11.3. The second-order valence-electron chi connectivity index (χ2n) is 5.43. The van der Waals surface area contributed by atoms with Crippen LogP contribution < -0.4 is 16.2 Å². The van der Waals surface area contributed by atoms with Crippen LogP contribution >= 0.6 is 0 Å². The Kier molecular flexibility index (Phi) is 4.52. The molecule has 1 fully saturated rings. The van der Waals surface area contributed by atoms with E-state index in [2.05, 4.69) is 17.3 Å². The van der Waals surface area contributed by atoms with Gasteiger partial charge in [-0.1, -0.05) is 0 Å². The van der Waals surface area contributed by atoms with E-state index in [0.717, 1.165) is 25.3 Å². The third-order valence-corrected chi connectivity index (χ3v) is 4.73. The highest BCUT2D eigenvalue weighted by Gasteiger charge is 2.17. The number of rotatable bonds is 4. The monoisotopic (exact) mass is 298 g/mol. The van der Waals surface area contributed by atoms with Crippen molar-refractivity contribution in [3.63, 3.8) is 0 Å². The van der Waals surface area contributed by atoms with Crippen LogP contribution in [0.3, 0.4) is 0 Å². The third-order valence-electron chi connectivity index (χ3n) is 3.75. The van der Waals surface area contributed by atoms with Crippen molar-refractivity contribution in [2.45, 2.75) is 17.7 Å². The molecule has 0 radical (unpaired) electrons. The van der Waals surface area contributed by atoms with Gasteiger partial charge in [-0.15, -0.1) is 0 Å². The van der Waals surface area contributed by atoms with Gasteiger partial charge in [-0.25, -0.2) is 13.6 Å². The Morgan fingerprint density at radius 1 is 1.35 bits per heavy atom. The number of piperidine rings is 1. The van der Waals surface area contributed by atoms with Crippen LogP contribution in [-0.2, 0) is 10.0 Å². The van der Waals surface area contributed by atoms with E-state index in [1.54, 1.807) is 12.1 Å². The van der Waals surface area contributed by atoms with E-state index < -0.39 is 10.0 Å². The van der Waals surface area contributed by atoms with Crippen molar-refractivity contribution < 1.29 is 8.42 Å². The van der Waals surface area contributed by atoms with Gasteiger partial charge in [0.2, 0.25) is 10.0 Å². The summed E-state index contributed by atoms with van der Waals surface area (Å²) in [5.74, 6) is 0.644. The molecule has 0 atom stereocenters. The third kappa shape index (κ3) is 3.84. The summed E-state index contributed by atoms with van der Waals surface area (Å²) in [5, 5.41) is 8.39. The Balaban J connectivity index is 1.96. The molecule has 6 nitrogen and oxygen atoms in total. The SMILES string of the molecule is CN1CCC(CNc2ccc(S(N)(=O)=O)c(N)c2)CC1.